The first-order valence-corrected chi connectivity index (χ1v) is 4.38. The molecule has 0 spiro atoms. The molecule has 0 radical (unpaired) electrons. The largest absolute Gasteiger partial charge is 0.451 e. The fourth-order valence-corrected chi connectivity index (χ4v) is 0.666. The van der Waals surface area contributed by atoms with E-state index in [1.165, 1.54) is 13.8 Å². The van der Waals surface area contributed by atoms with Crippen LogP contribution in [0.15, 0.2) is 0 Å². The van der Waals surface area contributed by atoms with Crippen LogP contribution in [0.25, 0.3) is 0 Å². The Morgan fingerprint density at radius 1 is 1.14 bits per heavy atom. The Morgan fingerprint density at radius 3 is 2.00 bits per heavy atom. The third-order valence-electron chi connectivity index (χ3n) is 1.69. The molecule has 0 heterocycles. The zero-order chi connectivity index (χ0) is 11.3. The number of nitrogens with zero attached hydrogens (tertiary/aromatic N) is 1. The van der Waals surface area contributed by atoms with Crippen molar-refractivity contribution in [1.29, 1.82) is 0 Å². The third-order valence-corrected chi connectivity index (χ3v) is 1.69. The Labute approximate surface area is 84.0 Å². The molecule has 0 fully saturated rings. The standard InChI is InChI=1S/C9H17NO4/c1-6(13-8(3)11)9(12)14-7(2)10(4)5/h6-7H,1-5H3. The van der Waals surface area contributed by atoms with E-state index in [1.54, 1.807) is 25.9 Å². The van der Waals surface area contributed by atoms with Crippen LogP contribution in [0.4, 0.5) is 0 Å². The molecule has 82 valence electrons. The van der Waals surface area contributed by atoms with Crippen molar-refractivity contribution in [2.24, 2.45) is 0 Å². The molecule has 0 aromatic carbocycles. The summed E-state index contributed by atoms with van der Waals surface area (Å²) < 4.78 is 9.64. The van der Waals surface area contributed by atoms with Gasteiger partial charge < -0.3 is 9.47 Å². The normalized spacial score (nSPS) is 14.7. The topological polar surface area (TPSA) is 55.8 Å². The van der Waals surface area contributed by atoms with Gasteiger partial charge in [0, 0.05) is 6.92 Å². The maximum Gasteiger partial charge on any atom is 0.348 e. The molecule has 0 aromatic rings. The highest BCUT2D eigenvalue weighted by atomic mass is 16.6. The second-order valence-corrected chi connectivity index (χ2v) is 3.25. The van der Waals surface area contributed by atoms with Crippen LogP contribution < -0.4 is 0 Å². The lowest BCUT2D eigenvalue weighted by Crippen LogP contribution is -2.35. The van der Waals surface area contributed by atoms with E-state index in [-0.39, 0.29) is 6.23 Å². The highest BCUT2D eigenvalue weighted by Crippen LogP contribution is 2.00. The van der Waals surface area contributed by atoms with Gasteiger partial charge in [-0.2, -0.15) is 0 Å². The maximum atomic E-state index is 11.3. The van der Waals surface area contributed by atoms with Crippen LogP contribution in [0.5, 0.6) is 0 Å². The van der Waals surface area contributed by atoms with E-state index in [4.69, 9.17) is 4.74 Å². The summed E-state index contributed by atoms with van der Waals surface area (Å²) in [5, 5.41) is 0. The van der Waals surface area contributed by atoms with E-state index in [2.05, 4.69) is 4.74 Å². The Bertz CT molecular complexity index is 215. The van der Waals surface area contributed by atoms with Crippen molar-refractivity contribution < 1.29 is 19.1 Å². The molecule has 0 bridgehead atoms. The number of hydrogen-bond donors (Lipinski definition) is 0. The van der Waals surface area contributed by atoms with Crippen molar-refractivity contribution in [3.8, 4) is 0 Å². The average molecular weight is 203 g/mol. The molecule has 0 aromatic heterocycles. The van der Waals surface area contributed by atoms with Crippen molar-refractivity contribution in [2.45, 2.75) is 33.1 Å². The number of rotatable bonds is 4. The van der Waals surface area contributed by atoms with Crippen LogP contribution in [-0.2, 0) is 19.1 Å². The Morgan fingerprint density at radius 2 is 1.64 bits per heavy atom. The van der Waals surface area contributed by atoms with Crippen molar-refractivity contribution in [2.75, 3.05) is 14.1 Å². The first-order valence-electron chi connectivity index (χ1n) is 4.38. The van der Waals surface area contributed by atoms with Crippen LogP contribution in [0.3, 0.4) is 0 Å². The first kappa shape index (κ1) is 12.9. The number of esters is 2. The minimum Gasteiger partial charge on any atom is -0.451 e. The fourth-order valence-electron chi connectivity index (χ4n) is 0.666. The first-order chi connectivity index (χ1) is 6.34. The summed E-state index contributed by atoms with van der Waals surface area (Å²) in [6.45, 7) is 4.46. The lowest BCUT2D eigenvalue weighted by Gasteiger charge is -2.21. The van der Waals surface area contributed by atoms with Gasteiger partial charge in [-0.3, -0.25) is 9.69 Å². The molecule has 5 heteroatoms. The zero-order valence-corrected chi connectivity index (χ0v) is 9.23. The van der Waals surface area contributed by atoms with Crippen LogP contribution in [0, 0.1) is 0 Å². The van der Waals surface area contributed by atoms with Gasteiger partial charge in [-0.1, -0.05) is 0 Å². The Kier molecular flexibility index (Phi) is 5.15. The minimum atomic E-state index is -0.852. The fraction of sp³-hybridized carbons (Fsp3) is 0.778. The van der Waals surface area contributed by atoms with Gasteiger partial charge in [0.15, 0.2) is 12.3 Å². The molecule has 14 heavy (non-hydrogen) atoms. The molecule has 0 N–H and O–H groups in total. The lowest BCUT2D eigenvalue weighted by molar-refractivity contribution is -0.173. The van der Waals surface area contributed by atoms with Gasteiger partial charge in [0.2, 0.25) is 0 Å². The molecule has 0 aliphatic rings. The van der Waals surface area contributed by atoms with E-state index in [1.807, 2.05) is 0 Å². The van der Waals surface area contributed by atoms with Crippen molar-refractivity contribution in [1.82, 2.24) is 4.90 Å². The van der Waals surface area contributed by atoms with E-state index >= 15 is 0 Å². The van der Waals surface area contributed by atoms with Crippen molar-refractivity contribution in [3.05, 3.63) is 0 Å². The Balaban J connectivity index is 4.01. The molecular formula is C9H17NO4. The van der Waals surface area contributed by atoms with E-state index < -0.39 is 18.0 Å². The molecule has 2 atom stereocenters. The van der Waals surface area contributed by atoms with Gasteiger partial charge >= 0.3 is 11.9 Å². The van der Waals surface area contributed by atoms with E-state index in [9.17, 15) is 9.59 Å². The van der Waals surface area contributed by atoms with Crippen LogP contribution in [0.1, 0.15) is 20.8 Å². The Hall–Kier alpha value is -1.10. The van der Waals surface area contributed by atoms with Gasteiger partial charge in [0.25, 0.3) is 0 Å². The van der Waals surface area contributed by atoms with Gasteiger partial charge in [0.1, 0.15) is 0 Å². The summed E-state index contributed by atoms with van der Waals surface area (Å²) >= 11 is 0. The molecule has 0 saturated carbocycles. The van der Waals surface area contributed by atoms with Crippen LogP contribution in [-0.4, -0.2) is 43.3 Å². The van der Waals surface area contributed by atoms with Crippen LogP contribution >= 0.6 is 0 Å². The van der Waals surface area contributed by atoms with Gasteiger partial charge in [-0.25, -0.2) is 4.79 Å². The number of ether oxygens (including phenoxy) is 2. The summed E-state index contributed by atoms with van der Waals surface area (Å²) in [4.78, 5) is 23.5. The number of hydrogen-bond acceptors (Lipinski definition) is 5. The summed E-state index contributed by atoms with van der Waals surface area (Å²) in [7, 11) is 3.57. The number of carbonyl (C=O) groups excluding carboxylic acids is 2. The second kappa shape index (κ2) is 5.59. The predicted molar refractivity (Wildman–Crippen MR) is 50.5 cm³/mol. The van der Waals surface area contributed by atoms with E-state index in [0.717, 1.165) is 0 Å². The second-order valence-electron chi connectivity index (χ2n) is 3.25. The highest BCUT2D eigenvalue weighted by molar-refractivity contribution is 5.78. The lowest BCUT2D eigenvalue weighted by atomic mass is 10.4. The molecular weight excluding hydrogens is 186 g/mol. The average Bonchev–Trinajstić information content (AvgIpc) is 2.02. The van der Waals surface area contributed by atoms with Gasteiger partial charge in [-0.05, 0) is 27.9 Å². The summed E-state index contributed by atoms with van der Waals surface area (Å²) in [5.74, 6) is -1.03. The minimum absolute atomic E-state index is 0.333. The molecule has 0 rings (SSSR count). The van der Waals surface area contributed by atoms with Gasteiger partial charge in [-0.15, -0.1) is 0 Å². The van der Waals surface area contributed by atoms with Crippen LogP contribution in [0.2, 0.25) is 0 Å². The molecule has 0 aliphatic carbocycles. The molecule has 5 nitrogen and oxygen atoms in total. The van der Waals surface area contributed by atoms with Gasteiger partial charge in [0.05, 0.1) is 0 Å². The predicted octanol–water partition coefficient (Wildman–Crippen LogP) is 0.389. The number of carbonyl (C=O) groups is 2. The smallest absolute Gasteiger partial charge is 0.348 e. The summed E-state index contributed by atoms with van der Waals surface area (Å²) in [6, 6.07) is 0. The monoisotopic (exact) mass is 203 g/mol. The molecule has 0 aliphatic heterocycles. The zero-order valence-electron chi connectivity index (χ0n) is 9.23. The molecule has 0 amide bonds. The van der Waals surface area contributed by atoms with Crippen molar-refractivity contribution >= 4 is 11.9 Å². The maximum absolute atomic E-state index is 11.3. The summed E-state index contributed by atoms with van der Waals surface area (Å²) in [5.41, 5.74) is 0. The third kappa shape index (κ3) is 4.81. The molecule has 0 saturated heterocycles. The quantitative estimate of drug-likeness (QED) is 0.488. The molecule has 2 unspecified atom stereocenters. The SMILES string of the molecule is CC(=O)OC(C)C(=O)OC(C)N(C)C. The highest BCUT2D eigenvalue weighted by Gasteiger charge is 2.20. The van der Waals surface area contributed by atoms with E-state index in [0.29, 0.717) is 0 Å². The van der Waals surface area contributed by atoms with Crippen molar-refractivity contribution in [3.63, 3.8) is 0 Å². The summed E-state index contributed by atoms with van der Waals surface area (Å²) in [6.07, 6.45) is -1.18.